The summed E-state index contributed by atoms with van der Waals surface area (Å²) in [5.41, 5.74) is 0.343. The van der Waals surface area contributed by atoms with Crippen molar-refractivity contribution in [3.8, 4) is 5.75 Å². The van der Waals surface area contributed by atoms with Crippen LogP contribution in [0.2, 0.25) is 0 Å². The topological polar surface area (TPSA) is 67.9 Å². The number of hydrogen-bond donors (Lipinski definition) is 1. The van der Waals surface area contributed by atoms with Crippen LogP contribution in [0.1, 0.15) is 57.4 Å². The summed E-state index contributed by atoms with van der Waals surface area (Å²) in [6, 6.07) is 11.0. The highest BCUT2D eigenvalue weighted by Gasteiger charge is 2.28. The number of hydrogen-bond acceptors (Lipinski definition) is 5. The van der Waals surface area contributed by atoms with Crippen molar-refractivity contribution in [3.63, 3.8) is 0 Å². The third kappa shape index (κ3) is 8.61. The van der Waals surface area contributed by atoms with Gasteiger partial charge in [0, 0.05) is 11.4 Å². The lowest BCUT2D eigenvalue weighted by atomic mass is 10.1. The summed E-state index contributed by atoms with van der Waals surface area (Å²) in [7, 11) is 1.62. The second kappa shape index (κ2) is 11.7. The first kappa shape index (κ1) is 24.7. The van der Waals surface area contributed by atoms with Crippen LogP contribution in [0.25, 0.3) is 0 Å². The number of thiophene rings is 1. The Morgan fingerprint density at radius 1 is 1.16 bits per heavy atom. The van der Waals surface area contributed by atoms with Crippen molar-refractivity contribution in [3.05, 3.63) is 52.2 Å². The number of ether oxygens (including phenoxy) is 2. The van der Waals surface area contributed by atoms with E-state index < -0.39 is 17.7 Å². The van der Waals surface area contributed by atoms with E-state index in [4.69, 9.17) is 9.47 Å². The number of unbranched alkanes of at least 4 members (excludes halogenated alkanes) is 1. The third-order valence-electron chi connectivity index (χ3n) is 4.58. The predicted octanol–water partition coefficient (Wildman–Crippen LogP) is 5.37. The second-order valence-corrected chi connectivity index (χ2v) is 9.50. The van der Waals surface area contributed by atoms with Gasteiger partial charge in [0.1, 0.15) is 17.4 Å². The van der Waals surface area contributed by atoms with Crippen molar-refractivity contribution in [1.82, 2.24) is 10.2 Å². The number of amides is 2. The predicted molar refractivity (Wildman–Crippen MR) is 124 cm³/mol. The van der Waals surface area contributed by atoms with Crippen LogP contribution in [0.5, 0.6) is 5.75 Å². The second-order valence-electron chi connectivity index (χ2n) is 8.47. The van der Waals surface area contributed by atoms with Crippen LogP contribution < -0.4 is 10.1 Å². The SMILES string of the molecule is CCCC[C@H](NC(=O)OC(C)(C)C)C(=O)N(Cc1cccc(OC)c1)Cc1cccs1. The quantitative estimate of drug-likeness (QED) is 0.533. The van der Waals surface area contributed by atoms with Crippen molar-refractivity contribution in [2.24, 2.45) is 0 Å². The number of methoxy groups -OCH3 is 1. The van der Waals surface area contributed by atoms with E-state index >= 15 is 0 Å². The first-order chi connectivity index (χ1) is 14.7. The molecule has 6 nitrogen and oxygen atoms in total. The van der Waals surface area contributed by atoms with E-state index in [2.05, 4.69) is 12.2 Å². The lowest BCUT2D eigenvalue weighted by Crippen LogP contribution is -2.49. The first-order valence-corrected chi connectivity index (χ1v) is 11.5. The van der Waals surface area contributed by atoms with Gasteiger partial charge >= 0.3 is 6.09 Å². The molecule has 0 bridgehead atoms. The van der Waals surface area contributed by atoms with Crippen LogP contribution in [-0.4, -0.2) is 35.7 Å². The summed E-state index contributed by atoms with van der Waals surface area (Å²) < 4.78 is 10.7. The Morgan fingerprint density at radius 2 is 1.94 bits per heavy atom. The lowest BCUT2D eigenvalue weighted by molar-refractivity contribution is -0.135. The third-order valence-corrected chi connectivity index (χ3v) is 5.44. The number of rotatable bonds is 10. The summed E-state index contributed by atoms with van der Waals surface area (Å²) in [6.45, 7) is 8.39. The molecular weight excluding hydrogens is 412 g/mol. The zero-order chi connectivity index (χ0) is 22.9. The standard InChI is InChI=1S/C24H34N2O4S/c1-6-7-13-21(25-23(28)30-24(2,3)4)22(27)26(17-20-12-9-14-31-20)16-18-10-8-11-19(15-18)29-5/h8-12,14-15,21H,6-7,13,16-17H2,1-5H3,(H,25,28)/t21-/m0/s1. The maximum absolute atomic E-state index is 13.6. The van der Waals surface area contributed by atoms with Crippen molar-refractivity contribution in [1.29, 1.82) is 0 Å². The summed E-state index contributed by atoms with van der Waals surface area (Å²) in [5, 5.41) is 4.80. The van der Waals surface area contributed by atoms with Gasteiger partial charge in [-0.1, -0.05) is 38.0 Å². The molecule has 0 unspecified atom stereocenters. The molecule has 0 spiro atoms. The van der Waals surface area contributed by atoms with Crippen LogP contribution in [-0.2, 0) is 22.6 Å². The van der Waals surface area contributed by atoms with Gasteiger partial charge in [-0.2, -0.15) is 0 Å². The monoisotopic (exact) mass is 446 g/mol. The number of carbonyl (C=O) groups excluding carboxylic acids is 2. The van der Waals surface area contributed by atoms with Gasteiger partial charge in [0.2, 0.25) is 5.91 Å². The number of alkyl carbamates (subject to hydrolysis) is 1. The Morgan fingerprint density at radius 3 is 2.55 bits per heavy atom. The fourth-order valence-corrected chi connectivity index (χ4v) is 3.85. The van der Waals surface area contributed by atoms with Crippen molar-refractivity contribution < 1.29 is 19.1 Å². The molecule has 7 heteroatoms. The van der Waals surface area contributed by atoms with Gasteiger partial charge in [-0.3, -0.25) is 4.79 Å². The number of carbonyl (C=O) groups is 2. The molecule has 170 valence electrons. The maximum atomic E-state index is 13.6. The molecule has 1 atom stereocenters. The Balaban J connectivity index is 2.23. The van der Waals surface area contributed by atoms with E-state index in [1.54, 1.807) is 44.1 Å². The van der Waals surface area contributed by atoms with E-state index in [1.807, 2.05) is 41.8 Å². The van der Waals surface area contributed by atoms with E-state index in [0.717, 1.165) is 29.0 Å². The fraction of sp³-hybridized carbons (Fsp3) is 0.500. The van der Waals surface area contributed by atoms with E-state index in [-0.39, 0.29) is 5.91 Å². The van der Waals surface area contributed by atoms with Crippen LogP contribution in [0.15, 0.2) is 41.8 Å². The summed E-state index contributed by atoms with van der Waals surface area (Å²) in [6.07, 6.45) is 1.76. The van der Waals surface area contributed by atoms with Gasteiger partial charge in [-0.05, 0) is 56.3 Å². The van der Waals surface area contributed by atoms with Gasteiger partial charge in [0.05, 0.1) is 13.7 Å². The molecule has 0 fully saturated rings. The van der Waals surface area contributed by atoms with E-state index in [1.165, 1.54) is 0 Å². The molecule has 31 heavy (non-hydrogen) atoms. The minimum Gasteiger partial charge on any atom is -0.497 e. The minimum atomic E-state index is -0.639. The average Bonchev–Trinajstić information content (AvgIpc) is 3.22. The lowest BCUT2D eigenvalue weighted by Gasteiger charge is -2.29. The number of nitrogens with one attached hydrogen (secondary N) is 1. The molecule has 1 heterocycles. The molecule has 0 saturated heterocycles. The number of benzene rings is 1. The molecule has 0 aliphatic rings. The molecule has 0 saturated carbocycles. The van der Waals surface area contributed by atoms with Gasteiger partial charge in [0.15, 0.2) is 0 Å². The van der Waals surface area contributed by atoms with E-state index in [9.17, 15) is 9.59 Å². The van der Waals surface area contributed by atoms with Crippen molar-refractivity contribution in [2.45, 2.75) is 71.7 Å². The smallest absolute Gasteiger partial charge is 0.408 e. The minimum absolute atomic E-state index is 0.115. The maximum Gasteiger partial charge on any atom is 0.408 e. The fourth-order valence-electron chi connectivity index (χ4n) is 3.13. The molecule has 1 aromatic carbocycles. The van der Waals surface area contributed by atoms with Crippen LogP contribution in [0.4, 0.5) is 4.79 Å². The van der Waals surface area contributed by atoms with Crippen LogP contribution in [0.3, 0.4) is 0 Å². The first-order valence-electron chi connectivity index (χ1n) is 10.7. The van der Waals surface area contributed by atoms with Gasteiger partial charge in [0.25, 0.3) is 0 Å². The largest absolute Gasteiger partial charge is 0.497 e. The molecule has 1 N–H and O–H groups in total. The highest BCUT2D eigenvalue weighted by Crippen LogP contribution is 2.20. The Kier molecular flexibility index (Phi) is 9.37. The zero-order valence-corrected chi connectivity index (χ0v) is 20.0. The Bertz CT molecular complexity index is 830. The van der Waals surface area contributed by atoms with Crippen molar-refractivity contribution >= 4 is 23.3 Å². The molecule has 0 aliphatic carbocycles. The van der Waals surface area contributed by atoms with Crippen molar-refractivity contribution in [2.75, 3.05) is 7.11 Å². The van der Waals surface area contributed by atoms with Gasteiger partial charge in [-0.25, -0.2) is 4.79 Å². The van der Waals surface area contributed by atoms with Gasteiger partial charge in [-0.15, -0.1) is 11.3 Å². The average molecular weight is 447 g/mol. The summed E-state index contributed by atoms with van der Waals surface area (Å²) in [5.74, 6) is 0.631. The molecule has 2 amide bonds. The summed E-state index contributed by atoms with van der Waals surface area (Å²) >= 11 is 1.61. The van der Waals surface area contributed by atoms with Crippen LogP contribution in [0, 0.1) is 0 Å². The highest BCUT2D eigenvalue weighted by atomic mass is 32.1. The summed E-state index contributed by atoms with van der Waals surface area (Å²) in [4.78, 5) is 28.8. The van der Waals surface area contributed by atoms with Gasteiger partial charge < -0.3 is 19.7 Å². The molecule has 1 aromatic heterocycles. The molecule has 2 aromatic rings. The zero-order valence-electron chi connectivity index (χ0n) is 19.1. The molecule has 0 aliphatic heterocycles. The normalized spacial score (nSPS) is 12.2. The molecule has 2 rings (SSSR count). The number of nitrogens with zero attached hydrogens (tertiary/aromatic N) is 1. The molecule has 0 radical (unpaired) electrons. The Labute approximate surface area is 189 Å². The van der Waals surface area contributed by atoms with E-state index in [0.29, 0.717) is 19.5 Å². The van der Waals surface area contributed by atoms with Crippen LogP contribution >= 0.6 is 11.3 Å². The molecular formula is C24H34N2O4S. The Hall–Kier alpha value is -2.54. The highest BCUT2D eigenvalue weighted by molar-refractivity contribution is 7.09.